The van der Waals surface area contributed by atoms with E-state index in [0.29, 0.717) is 16.8 Å². The number of furan rings is 1. The van der Waals surface area contributed by atoms with Gasteiger partial charge < -0.3 is 14.8 Å². The van der Waals surface area contributed by atoms with Crippen LogP contribution in [-0.4, -0.2) is 10.1 Å². The van der Waals surface area contributed by atoms with Gasteiger partial charge in [-0.3, -0.25) is 0 Å². The average Bonchev–Trinajstić information content (AvgIpc) is 3.21. The predicted octanol–water partition coefficient (Wildman–Crippen LogP) is 6.06. The number of alkyl halides is 3. The molecule has 0 aliphatic carbocycles. The third-order valence-electron chi connectivity index (χ3n) is 4.65. The number of pyridine rings is 1. The molecule has 0 fully saturated rings. The van der Waals surface area contributed by atoms with Crippen molar-refractivity contribution >= 4 is 16.6 Å². The fourth-order valence-electron chi connectivity index (χ4n) is 3.23. The molecule has 0 saturated carbocycles. The second-order valence-corrected chi connectivity index (χ2v) is 6.70. The van der Waals surface area contributed by atoms with Crippen LogP contribution in [0.25, 0.3) is 10.9 Å². The number of nitrogens with one attached hydrogen (secondary N) is 1. The van der Waals surface area contributed by atoms with E-state index in [1.807, 2.05) is 19.1 Å². The molecular formula is C22H17F3N2O2. The fraction of sp³-hybridized carbons (Fsp3) is 0.136. The minimum Gasteiger partial charge on any atom is -0.505 e. The van der Waals surface area contributed by atoms with Crippen LogP contribution in [-0.2, 0) is 6.18 Å². The van der Waals surface area contributed by atoms with Crippen molar-refractivity contribution < 1.29 is 22.7 Å². The van der Waals surface area contributed by atoms with Gasteiger partial charge >= 0.3 is 6.18 Å². The summed E-state index contributed by atoms with van der Waals surface area (Å²) in [6.07, 6.45) is -2.99. The molecule has 2 aromatic carbocycles. The first-order chi connectivity index (χ1) is 13.8. The summed E-state index contributed by atoms with van der Waals surface area (Å²) in [6.45, 7) is 1.82. The number of hydrogen-bond acceptors (Lipinski definition) is 4. The number of hydrogen-bond donors (Lipinski definition) is 2. The highest BCUT2D eigenvalue weighted by atomic mass is 19.4. The van der Waals surface area contributed by atoms with Crippen LogP contribution in [0, 0.1) is 6.92 Å². The number of aromatic hydroxyl groups is 1. The quantitative estimate of drug-likeness (QED) is 0.439. The maximum atomic E-state index is 13.1. The van der Waals surface area contributed by atoms with Crippen molar-refractivity contribution in [2.24, 2.45) is 0 Å². The highest BCUT2D eigenvalue weighted by Gasteiger charge is 2.31. The molecular weight excluding hydrogens is 381 g/mol. The van der Waals surface area contributed by atoms with Gasteiger partial charge in [-0.15, -0.1) is 0 Å². The molecule has 0 bridgehead atoms. The van der Waals surface area contributed by atoms with Crippen LogP contribution in [0.3, 0.4) is 0 Å². The number of nitrogens with zero attached hydrogens (tertiary/aromatic N) is 1. The average molecular weight is 398 g/mol. The first-order valence-corrected chi connectivity index (χ1v) is 8.89. The standard InChI is InChI=1S/C22H17F3N2O2/c1-13-7-8-14-9-10-17(21(28)19(14)26-13)20(18-6-3-11-29-18)27-16-5-2-4-15(12-16)22(23,24)25/h2-12,20,27-28H,1H3. The Bertz CT molecular complexity index is 1150. The second-order valence-electron chi connectivity index (χ2n) is 6.70. The molecule has 1 atom stereocenters. The van der Waals surface area contributed by atoms with Crippen molar-refractivity contribution in [3.8, 4) is 5.75 Å². The minimum absolute atomic E-state index is 0.0490. The Morgan fingerprint density at radius 2 is 1.83 bits per heavy atom. The maximum absolute atomic E-state index is 13.1. The number of halogens is 3. The van der Waals surface area contributed by atoms with E-state index >= 15 is 0 Å². The number of phenols is 1. The molecule has 148 valence electrons. The molecule has 7 heteroatoms. The molecule has 29 heavy (non-hydrogen) atoms. The van der Waals surface area contributed by atoms with Gasteiger partial charge in [0, 0.05) is 22.3 Å². The van der Waals surface area contributed by atoms with Crippen molar-refractivity contribution in [1.29, 1.82) is 0 Å². The number of rotatable bonds is 4. The first kappa shape index (κ1) is 18.9. The smallest absolute Gasteiger partial charge is 0.416 e. The molecule has 0 radical (unpaired) electrons. The van der Waals surface area contributed by atoms with Crippen LogP contribution >= 0.6 is 0 Å². The third-order valence-corrected chi connectivity index (χ3v) is 4.65. The van der Waals surface area contributed by atoms with E-state index in [0.717, 1.165) is 23.2 Å². The molecule has 0 aliphatic heterocycles. The SMILES string of the molecule is Cc1ccc2ccc(C(Nc3cccc(C(F)(F)F)c3)c3ccco3)c(O)c2n1. The monoisotopic (exact) mass is 398 g/mol. The van der Waals surface area contributed by atoms with E-state index in [4.69, 9.17) is 4.42 Å². The minimum atomic E-state index is -4.45. The number of fused-ring (bicyclic) bond motifs is 1. The Labute approximate surface area is 164 Å². The summed E-state index contributed by atoms with van der Waals surface area (Å²) in [5.41, 5.74) is 1.09. The van der Waals surface area contributed by atoms with E-state index in [2.05, 4.69) is 10.3 Å². The van der Waals surface area contributed by atoms with Gasteiger partial charge in [0.25, 0.3) is 0 Å². The van der Waals surface area contributed by atoms with Gasteiger partial charge in [-0.1, -0.05) is 24.3 Å². The molecule has 0 saturated heterocycles. The van der Waals surface area contributed by atoms with Gasteiger partial charge in [0.1, 0.15) is 23.1 Å². The number of aryl methyl sites for hydroxylation is 1. The lowest BCUT2D eigenvalue weighted by molar-refractivity contribution is -0.137. The van der Waals surface area contributed by atoms with Crippen LogP contribution < -0.4 is 5.32 Å². The summed E-state index contributed by atoms with van der Waals surface area (Å²) in [4.78, 5) is 4.40. The zero-order valence-electron chi connectivity index (χ0n) is 15.4. The number of phenolic OH excluding ortho intramolecular Hbond substituents is 1. The highest BCUT2D eigenvalue weighted by Crippen LogP contribution is 2.38. The fourth-order valence-corrected chi connectivity index (χ4v) is 3.23. The molecule has 2 heterocycles. The number of aromatic nitrogens is 1. The first-order valence-electron chi connectivity index (χ1n) is 8.89. The van der Waals surface area contributed by atoms with Crippen LogP contribution in [0.2, 0.25) is 0 Å². The van der Waals surface area contributed by atoms with Gasteiger partial charge in [-0.25, -0.2) is 4.98 Å². The lowest BCUT2D eigenvalue weighted by Gasteiger charge is -2.21. The van der Waals surface area contributed by atoms with Crippen molar-refractivity contribution in [2.75, 3.05) is 5.32 Å². The number of anilines is 1. The van der Waals surface area contributed by atoms with Crippen molar-refractivity contribution in [1.82, 2.24) is 4.98 Å². The second kappa shape index (κ2) is 7.16. The van der Waals surface area contributed by atoms with Crippen LogP contribution in [0.4, 0.5) is 18.9 Å². The Morgan fingerprint density at radius 1 is 1.03 bits per heavy atom. The summed E-state index contributed by atoms with van der Waals surface area (Å²) in [7, 11) is 0. The van der Waals surface area contributed by atoms with Crippen molar-refractivity contribution in [3.63, 3.8) is 0 Å². The highest BCUT2D eigenvalue weighted by molar-refractivity contribution is 5.86. The molecule has 1 unspecified atom stereocenters. The van der Waals surface area contributed by atoms with E-state index < -0.39 is 17.8 Å². The van der Waals surface area contributed by atoms with E-state index in [1.165, 1.54) is 18.4 Å². The van der Waals surface area contributed by atoms with Gasteiger partial charge in [-0.2, -0.15) is 13.2 Å². The summed E-state index contributed by atoms with van der Waals surface area (Å²) in [5.74, 6) is 0.400. The lowest BCUT2D eigenvalue weighted by Crippen LogP contribution is -2.13. The Hall–Kier alpha value is -3.48. The summed E-state index contributed by atoms with van der Waals surface area (Å²) in [5, 5.41) is 14.7. The zero-order valence-corrected chi connectivity index (χ0v) is 15.4. The maximum Gasteiger partial charge on any atom is 0.416 e. The summed E-state index contributed by atoms with van der Waals surface area (Å²) >= 11 is 0. The molecule has 2 N–H and O–H groups in total. The largest absolute Gasteiger partial charge is 0.505 e. The van der Waals surface area contributed by atoms with Crippen molar-refractivity contribution in [2.45, 2.75) is 19.1 Å². The Kier molecular flexibility index (Phi) is 4.66. The van der Waals surface area contributed by atoms with Crippen LogP contribution in [0.5, 0.6) is 5.75 Å². The molecule has 2 aromatic heterocycles. The molecule has 4 rings (SSSR count). The van der Waals surface area contributed by atoms with Gasteiger partial charge in [-0.05, 0) is 43.3 Å². The summed E-state index contributed by atoms with van der Waals surface area (Å²) < 4.78 is 44.7. The van der Waals surface area contributed by atoms with Gasteiger partial charge in [0.15, 0.2) is 0 Å². The van der Waals surface area contributed by atoms with Crippen LogP contribution in [0.1, 0.15) is 28.6 Å². The Morgan fingerprint density at radius 3 is 2.55 bits per heavy atom. The molecule has 0 aliphatic rings. The number of benzene rings is 2. The van der Waals surface area contributed by atoms with Crippen LogP contribution in [0.15, 0.2) is 71.3 Å². The molecule has 0 spiro atoms. The molecule has 4 aromatic rings. The third kappa shape index (κ3) is 3.76. The van der Waals surface area contributed by atoms with E-state index in [1.54, 1.807) is 24.3 Å². The van der Waals surface area contributed by atoms with E-state index in [-0.39, 0.29) is 11.4 Å². The van der Waals surface area contributed by atoms with E-state index in [9.17, 15) is 18.3 Å². The molecule has 4 nitrogen and oxygen atoms in total. The molecule has 0 amide bonds. The van der Waals surface area contributed by atoms with Gasteiger partial charge in [0.2, 0.25) is 0 Å². The zero-order chi connectivity index (χ0) is 20.6. The normalized spacial score (nSPS) is 12.8. The topological polar surface area (TPSA) is 58.3 Å². The predicted molar refractivity (Wildman–Crippen MR) is 104 cm³/mol. The van der Waals surface area contributed by atoms with Gasteiger partial charge in [0.05, 0.1) is 11.8 Å². The Balaban J connectivity index is 1.81. The lowest BCUT2D eigenvalue weighted by atomic mass is 10.00. The van der Waals surface area contributed by atoms with Crippen molar-refractivity contribution in [3.05, 3.63) is 89.5 Å². The summed E-state index contributed by atoms with van der Waals surface area (Å²) in [6, 6.07) is 14.8.